The zero-order chi connectivity index (χ0) is 11.4. The Kier molecular flexibility index (Phi) is 5.31. The molecule has 0 aliphatic heterocycles. The second-order valence-corrected chi connectivity index (χ2v) is 7.02. The molecule has 0 aromatic heterocycles. The van der Waals surface area contributed by atoms with E-state index >= 15 is 0 Å². The topological polar surface area (TPSA) is 29.4 Å². The van der Waals surface area contributed by atoms with E-state index in [4.69, 9.17) is 11.6 Å². The molecular weight excluding hydrogens is 218 g/mol. The van der Waals surface area contributed by atoms with E-state index in [-0.39, 0.29) is 4.75 Å². The first-order valence-corrected chi connectivity index (χ1v) is 6.40. The summed E-state index contributed by atoms with van der Waals surface area (Å²) in [5.74, 6) is 0. The van der Waals surface area contributed by atoms with Gasteiger partial charge in [0.15, 0.2) is 0 Å². The molecule has 0 N–H and O–H groups in total. The molecule has 0 amide bonds. The van der Waals surface area contributed by atoms with Crippen LogP contribution >= 0.6 is 11.6 Å². The zero-order valence-electron chi connectivity index (χ0n) is 9.63. The Labute approximate surface area is 94.7 Å². The summed E-state index contributed by atoms with van der Waals surface area (Å²) in [4.78, 5) is -0.430. The lowest BCUT2D eigenvalue weighted by molar-refractivity contribution is 0.649. The average Bonchev–Trinajstić information content (AvgIpc) is 2.12. The SMILES string of the molecule is CCC(Cl)(/C=N/S(=O)C(C)(C)C)CC. The molecule has 4 heteroatoms. The highest BCUT2D eigenvalue weighted by Crippen LogP contribution is 2.22. The molecule has 0 aliphatic rings. The van der Waals surface area contributed by atoms with Crippen LogP contribution in [0.2, 0.25) is 0 Å². The Morgan fingerprint density at radius 1 is 1.29 bits per heavy atom. The molecule has 0 radical (unpaired) electrons. The van der Waals surface area contributed by atoms with Crippen LogP contribution in [-0.2, 0) is 11.0 Å². The Hall–Kier alpha value is 0.110. The highest BCUT2D eigenvalue weighted by Gasteiger charge is 2.23. The van der Waals surface area contributed by atoms with Crippen LogP contribution in [0.3, 0.4) is 0 Å². The summed E-state index contributed by atoms with van der Waals surface area (Å²) >= 11 is 6.22. The second-order valence-electron chi connectivity index (χ2n) is 4.34. The van der Waals surface area contributed by atoms with Crippen molar-refractivity contribution in [1.29, 1.82) is 0 Å². The fourth-order valence-electron chi connectivity index (χ4n) is 0.733. The third-order valence-electron chi connectivity index (χ3n) is 2.08. The molecule has 0 heterocycles. The zero-order valence-corrected chi connectivity index (χ0v) is 11.2. The number of hydrogen-bond acceptors (Lipinski definition) is 1. The normalized spacial score (nSPS) is 16.1. The van der Waals surface area contributed by atoms with Crippen LogP contribution in [0.1, 0.15) is 47.5 Å². The predicted octanol–water partition coefficient (Wildman–Crippen LogP) is 3.32. The van der Waals surface area contributed by atoms with E-state index in [1.54, 1.807) is 6.21 Å². The van der Waals surface area contributed by atoms with Gasteiger partial charge in [-0.05, 0) is 33.6 Å². The summed E-state index contributed by atoms with van der Waals surface area (Å²) < 4.78 is 15.3. The molecule has 0 aromatic carbocycles. The number of halogens is 1. The van der Waals surface area contributed by atoms with E-state index in [2.05, 4.69) is 4.40 Å². The van der Waals surface area contributed by atoms with Gasteiger partial charge in [-0.15, -0.1) is 11.6 Å². The van der Waals surface area contributed by atoms with Gasteiger partial charge in [0.2, 0.25) is 0 Å². The summed E-state index contributed by atoms with van der Waals surface area (Å²) in [6, 6.07) is 0. The highest BCUT2D eigenvalue weighted by molar-refractivity contribution is 7.85. The van der Waals surface area contributed by atoms with Crippen LogP contribution < -0.4 is 0 Å². The van der Waals surface area contributed by atoms with E-state index in [1.807, 2.05) is 34.6 Å². The van der Waals surface area contributed by atoms with Crippen molar-refractivity contribution < 1.29 is 4.21 Å². The molecule has 0 saturated heterocycles. The Balaban J connectivity index is 4.51. The van der Waals surface area contributed by atoms with Gasteiger partial charge in [-0.3, -0.25) is 0 Å². The van der Waals surface area contributed by atoms with Gasteiger partial charge < -0.3 is 0 Å². The highest BCUT2D eigenvalue weighted by atomic mass is 35.5. The minimum atomic E-state index is -1.20. The number of rotatable bonds is 4. The third-order valence-corrected chi connectivity index (χ3v) is 4.06. The van der Waals surface area contributed by atoms with Crippen LogP contribution in [0.15, 0.2) is 4.40 Å². The molecule has 0 aliphatic carbocycles. The van der Waals surface area contributed by atoms with Gasteiger partial charge in [-0.2, -0.15) is 4.40 Å². The van der Waals surface area contributed by atoms with E-state index in [1.165, 1.54) is 0 Å². The van der Waals surface area contributed by atoms with Crippen LogP contribution in [0.4, 0.5) is 0 Å². The Bertz CT molecular complexity index is 229. The van der Waals surface area contributed by atoms with E-state index < -0.39 is 15.9 Å². The molecule has 84 valence electrons. The van der Waals surface area contributed by atoms with Gasteiger partial charge in [0, 0.05) is 6.21 Å². The van der Waals surface area contributed by atoms with E-state index in [0.717, 1.165) is 12.8 Å². The first-order chi connectivity index (χ1) is 6.25. The minimum Gasteiger partial charge on any atom is -0.234 e. The van der Waals surface area contributed by atoms with Gasteiger partial charge in [0.25, 0.3) is 0 Å². The van der Waals surface area contributed by atoms with Crippen LogP contribution in [0.5, 0.6) is 0 Å². The van der Waals surface area contributed by atoms with Gasteiger partial charge >= 0.3 is 0 Å². The Morgan fingerprint density at radius 3 is 2.00 bits per heavy atom. The third kappa shape index (κ3) is 4.56. The fourth-order valence-corrected chi connectivity index (χ4v) is 1.45. The van der Waals surface area contributed by atoms with Crippen molar-refractivity contribution in [2.75, 3.05) is 0 Å². The average molecular weight is 238 g/mol. The van der Waals surface area contributed by atoms with Crippen LogP contribution in [0.25, 0.3) is 0 Å². The summed E-state index contributed by atoms with van der Waals surface area (Å²) in [6.07, 6.45) is 3.24. The number of alkyl halides is 1. The largest absolute Gasteiger partial charge is 0.234 e. The molecule has 1 atom stereocenters. The molecule has 0 spiro atoms. The lowest BCUT2D eigenvalue weighted by atomic mass is 10.1. The first-order valence-electron chi connectivity index (χ1n) is 4.91. The van der Waals surface area contributed by atoms with Crippen LogP contribution in [0, 0.1) is 0 Å². The lowest BCUT2D eigenvalue weighted by Crippen LogP contribution is -2.24. The summed E-state index contributed by atoms with van der Waals surface area (Å²) in [6.45, 7) is 9.70. The van der Waals surface area contributed by atoms with Crippen molar-refractivity contribution in [3.05, 3.63) is 0 Å². The van der Waals surface area contributed by atoms with Crippen molar-refractivity contribution in [3.8, 4) is 0 Å². The van der Waals surface area contributed by atoms with Crippen molar-refractivity contribution >= 4 is 28.8 Å². The quantitative estimate of drug-likeness (QED) is 0.545. The lowest BCUT2D eigenvalue weighted by Gasteiger charge is -2.19. The van der Waals surface area contributed by atoms with Gasteiger partial charge in [0.1, 0.15) is 11.0 Å². The fraction of sp³-hybridized carbons (Fsp3) is 0.900. The Morgan fingerprint density at radius 2 is 1.71 bits per heavy atom. The van der Waals surface area contributed by atoms with Crippen molar-refractivity contribution in [3.63, 3.8) is 0 Å². The standard InChI is InChI=1S/C10H20ClNOS/c1-6-10(11,7-2)8-12-14(13)9(3,4)5/h8H,6-7H2,1-5H3/b12-8+. The van der Waals surface area contributed by atoms with Gasteiger partial charge in [-0.25, -0.2) is 4.21 Å². The molecule has 2 nitrogen and oxygen atoms in total. The maximum Gasteiger partial charge on any atom is 0.144 e. The molecule has 14 heavy (non-hydrogen) atoms. The predicted molar refractivity (Wildman–Crippen MR) is 65.6 cm³/mol. The molecule has 0 bridgehead atoms. The van der Waals surface area contributed by atoms with Gasteiger partial charge in [0.05, 0.1) is 9.62 Å². The summed E-state index contributed by atoms with van der Waals surface area (Å²) in [5, 5.41) is 0. The minimum absolute atomic E-state index is 0.310. The van der Waals surface area contributed by atoms with Crippen molar-refractivity contribution in [2.45, 2.75) is 57.1 Å². The van der Waals surface area contributed by atoms with Gasteiger partial charge in [-0.1, -0.05) is 13.8 Å². The number of nitrogens with zero attached hydrogens (tertiary/aromatic N) is 1. The van der Waals surface area contributed by atoms with E-state index in [0.29, 0.717) is 0 Å². The molecule has 1 unspecified atom stereocenters. The molecule has 0 saturated carbocycles. The van der Waals surface area contributed by atoms with Crippen LogP contribution in [-0.4, -0.2) is 20.0 Å². The van der Waals surface area contributed by atoms with E-state index in [9.17, 15) is 4.21 Å². The molecule has 0 fully saturated rings. The molecular formula is C10H20ClNOS. The van der Waals surface area contributed by atoms with Crippen molar-refractivity contribution in [1.82, 2.24) is 0 Å². The maximum atomic E-state index is 11.6. The molecule has 0 rings (SSSR count). The summed E-state index contributed by atoms with van der Waals surface area (Å²) in [5.41, 5.74) is 0. The smallest absolute Gasteiger partial charge is 0.144 e. The monoisotopic (exact) mass is 237 g/mol. The first kappa shape index (κ1) is 14.1. The number of hydrogen-bond donors (Lipinski definition) is 0. The second kappa shape index (κ2) is 5.26. The maximum absolute atomic E-state index is 11.6. The van der Waals surface area contributed by atoms with Crippen molar-refractivity contribution in [2.24, 2.45) is 4.40 Å². The summed E-state index contributed by atoms with van der Waals surface area (Å²) in [7, 11) is -1.20. The molecule has 0 aromatic rings.